The van der Waals surface area contributed by atoms with Crippen molar-refractivity contribution in [3.8, 4) is 0 Å². The Hall–Kier alpha value is 0.310. The van der Waals surface area contributed by atoms with Crippen molar-refractivity contribution in [1.82, 2.24) is 0 Å². The third-order valence-electron chi connectivity index (χ3n) is 2.60. The summed E-state index contributed by atoms with van der Waals surface area (Å²) in [7, 11) is -0.495. The molecule has 0 atom stereocenters. The zero-order valence-corrected chi connectivity index (χ0v) is 10.3. The maximum Gasteiger partial charge on any atom is 0.0541 e. The van der Waals surface area contributed by atoms with Gasteiger partial charge in [-0.05, 0) is 24.2 Å². The Morgan fingerprint density at radius 1 is 1.17 bits per heavy atom. The van der Waals surface area contributed by atoms with Crippen molar-refractivity contribution in [2.45, 2.75) is 32.4 Å². The molecule has 2 heteroatoms. The summed E-state index contributed by atoms with van der Waals surface area (Å²) < 4.78 is 5.83. The highest BCUT2D eigenvalue weighted by atomic mass is 32.3. The molecule has 0 spiro atoms. The Morgan fingerprint density at radius 3 is 2.00 bits per heavy atom. The van der Waals surface area contributed by atoms with Crippen molar-refractivity contribution in [2.75, 3.05) is 31.5 Å². The Kier molecular flexibility index (Phi) is 4.64. The lowest BCUT2D eigenvalue weighted by Gasteiger charge is -2.44. The van der Waals surface area contributed by atoms with Crippen molar-refractivity contribution in [1.29, 1.82) is 0 Å². The van der Waals surface area contributed by atoms with Crippen LogP contribution in [-0.4, -0.2) is 36.2 Å². The number of hydrogen-bond acceptors (Lipinski definition) is 1. The fourth-order valence-corrected chi connectivity index (χ4v) is 1.86. The average molecular weight is 192 g/mol. The van der Waals surface area contributed by atoms with Gasteiger partial charge in [0.15, 0.2) is 0 Å². The van der Waals surface area contributed by atoms with E-state index in [9.17, 15) is 0 Å². The fourth-order valence-electron chi connectivity index (χ4n) is 0.718. The molecular formula is C10H24OS. The molecule has 0 aromatic rings. The molecule has 76 valence electrons. The highest BCUT2D eigenvalue weighted by Gasteiger charge is 2.26. The lowest BCUT2D eigenvalue weighted by molar-refractivity contribution is 0.164. The Labute approximate surface area is 79.2 Å². The molecule has 0 aromatic carbocycles. The SMILES string of the molecule is CCOCCS(C)(C)C(C)(C)C. The summed E-state index contributed by atoms with van der Waals surface area (Å²) in [6.07, 6.45) is 4.79. The van der Waals surface area contributed by atoms with Gasteiger partial charge < -0.3 is 4.74 Å². The second-order valence-corrected chi connectivity index (χ2v) is 9.26. The maximum absolute atomic E-state index is 5.39. The molecule has 0 N–H and O–H groups in total. The molecule has 0 aliphatic rings. The molecule has 0 unspecified atom stereocenters. The van der Waals surface area contributed by atoms with Gasteiger partial charge in [0.2, 0.25) is 0 Å². The molecule has 0 fully saturated rings. The van der Waals surface area contributed by atoms with E-state index < -0.39 is 10.0 Å². The van der Waals surface area contributed by atoms with Crippen LogP contribution in [-0.2, 0) is 4.74 Å². The van der Waals surface area contributed by atoms with Crippen LogP contribution in [0, 0.1) is 0 Å². The third kappa shape index (κ3) is 3.81. The summed E-state index contributed by atoms with van der Waals surface area (Å²) in [6, 6.07) is 0. The predicted octanol–water partition coefficient (Wildman–Crippen LogP) is 2.89. The molecular weight excluding hydrogens is 168 g/mol. The lowest BCUT2D eigenvalue weighted by Crippen LogP contribution is -2.27. The van der Waals surface area contributed by atoms with E-state index >= 15 is 0 Å². The zero-order chi connectivity index (χ0) is 9.83. The second kappa shape index (κ2) is 4.52. The standard InChI is InChI=1S/C10H24OS/c1-7-11-8-9-12(5,6)10(2,3)4/h7-9H2,1-6H3. The van der Waals surface area contributed by atoms with Gasteiger partial charge in [-0.25, -0.2) is 10.0 Å². The van der Waals surface area contributed by atoms with Crippen molar-refractivity contribution < 1.29 is 4.74 Å². The topological polar surface area (TPSA) is 9.23 Å². The zero-order valence-electron chi connectivity index (χ0n) is 9.44. The highest BCUT2D eigenvalue weighted by Crippen LogP contribution is 2.52. The first-order valence-corrected chi connectivity index (χ1v) is 7.21. The van der Waals surface area contributed by atoms with Gasteiger partial charge in [0.1, 0.15) is 0 Å². The molecule has 0 aliphatic carbocycles. The van der Waals surface area contributed by atoms with Crippen LogP contribution < -0.4 is 0 Å². The average Bonchev–Trinajstić information content (AvgIpc) is 1.85. The monoisotopic (exact) mass is 192 g/mol. The quantitative estimate of drug-likeness (QED) is 0.622. The molecule has 0 bridgehead atoms. The minimum absolute atomic E-state index is 0.449. The molecule has 0 heterocycles. The van der Waals surface area contributed by atoms with Gasteiger partial charge in [-0.15, -0.1) is 0 Å². The molecule has 0 saturated carbocycles. The summed E-state index contributed by atoms with van der Waals surface area (Å²) in [5, 5.41) is 0. The molecule has 0 aliphatic heterocycles. The minimum atomic E-state index is -0.495. The van der Waals surface area contributed by atoms with Crippen molar-refractivity contribution >= 4 is 10.0 Å². The summed E-state index contributed by atoms with van der Waals surface area (Å²) >= 11 is 0. The van der Waals surface area contributed by atoms with E-state index in [1.165, 1.54) is 5.75 Å². The van der Waals surface area contributed by atoms with Crippen molar-refractivity contribution in [3.63, 3.8) is 0 Å². The van der Waals surface area contributed by atoms with E-state index in [2.05, 4.69) is 40.2 Å². The molecule has 1 nitrogen and oxygen atoms in total. The van der Waals surface area contributed by atoms with E-state index in [0.29, 0.717) is 4.75 Å². The number of rotatable bonds is 4. The largest absolute Gasteiger partial charge is 0.381 e. The number of ether oxygens (including phenoxy) is 1. The van der Waals surface area contributed by atoms with Crippen LogP contribution >= 0.6 is 10.0 Å². The van der Waals surface area contributed by atoms with Gasteiger partial charge in [0, 0.05) is 12.4 Å². The van der Waals surface area contributed by atoms with Gasteiger partial charge in [0.05, 0.1) is 6.61 Å². The summed E-state index contributed by atoms with van der Waals surface area (Å²) in [4.78, 5) is 0. The summed E-state index contributed by atoms with van der Waals surface area (Å²) in [5.41, 5.74) is 0. The molecule has 12 heavy (non-hydrogen) atoms. The summed E-state index contributed by atoms with van der Waals surface area (Å²) in [5.74, 6) is 1.23. The van der Waals surface area contributed by atoms with Crippen LogP contribution in [0.25, 0.3) is 0 Å². The first-order valence-electron chi connectivity index (χ1n) is 4.59. The van der Waals surface area contributed by atoms with Crippen LogP contribution in [0.15, 0.2) is 0 Å². The Balaban J connectivity index is 3.88. The van der Waals surface area contributed by atoms with Crippen LogP contribution in [0.3, 0.4) is 0 Å². The number of hydrogen-bond donors (Lipinski definition) is 0. The van der Waals surface area contributed by atoms with E-state index in [1.54, 1.807) is 0 Å². The van der Waals surface area contributed by atoms with Crippen LogP contribution in [0.5, 0.6) is 0 Å². The summed E-state index contributed by atoms with van der Waals surface area (Å²) in [6.45, 7) is 10.8. The lowest BCUT2D eigenvalue weighted by atomic mass is 10.3. The highest BCUT2D eigenvalue weighted by molar-refractivity contribution is 8.33. The molecule has 0 saturated heterocycles. The van der Waals surface area contributed by atoms with Crippen LogP contribution in [0.1, 0.15) is 27.7 Å². The smallest absolute Gasteiger partial charge is 0.0541 e. The van der Waals surface area contributed by atoms with E-state index in [0.717, 1.165) is 13.2 Å². The first kappa shape index (κ1) is 12.3. The van der Waals surface area contributed by atoms with E-state index in [-0.39, 0.29) is 0 Å². The first-order chi connectivity index (χ1) is 5.31. The van der Waals surface area contributed by atoms with Crippen LogP contribution in [0.2, 0.25) is 0 Å². The van der Waals surface area contributed by atoms with Crippen molar-refractivity contribution in [3.05, 3.63) is 0 Å². The molecule has 0 amide bonds. The fraction of sp³-hybridized carbons (Fsp3) is 1.00. The minimum Gasteiger partial charge on any atom is -0.381 e. The van der Waals surface area contributed by atoms with Crippen LogP contribution in [0.4, 0.5) is 0 Å². The predicted molar refractivity (Wildman–Crippen MR) is 60.6 cm³/mol. The normalized spacial score (nSPS) is 14.8. The van der Waals surface area contributed by atoms with Crippen molar-refractivity contribution in [2.24, 2.45) is 0 Å². The van der Waals surface area contributed by atoms with Gasteiger partial charge in [-0.3, -0.25) is 0 Å². The third-order valence-corrected chi connectivity index (χ3v) is 7.10. The maximum atomic E-state index is 5.39. The molecule has 0 radical (unpaired) electrons. The molecule has 0 rings (SSSR count). The second-order valence-electron chi connectivity index (χ2n) is 4.55. The Morgan fingerprint density at radius 2 is 1.67 bits per heavy atom. The Bertz CT molecular complexity index is 124. The van der Waals surface area contributed by atoms with Gasteiger partial charge >= 0.3 is 0 Å². The van der Waals surface area contributed by atoms with Gasteiger partial charge in [-0.2, -0.15) is 0 Å². The van der Waals surface area contributed by atoms with E-state index in [1.807, 2.05) is 0 Å². The molecule has 0 aromatic heterocycles. The van der Waals surface area contributed by atoms with E-state index in [4.69, 9.17) is 4.74 Å². The van der Waals surface area contributed by atoms with Gasteiger partial charge in [-0.1, -0.05) is 20.8 Å². The van der Waals surface area contributed by atoms with Gasteiger partial charge in [0.25, 0.3) is 0 Å².